The van der Waals surface area contributed by atoms with Crippen LogP contribution < -0.4 is 16.0 Å². The highest BCUT2D eigenvalue weighted by Crippen LogP contribution is 2.32. The Kier molecular flexibility index (Phi) is 5.36. The van der Waals surface area contributed by atoms with Crippen molar-refractivity contribution in [2.75, 3.05) is 10.2 Å². The van der Waals surface area contributed by atoms with E-state index >= 15 is 0 Å². The lowest BCUT2D eigenvalue weighted by Gasteiger charge is -2.21. The van der Waals surface area contributed by atoms with Gasteiger partial charge in [0.05, 0.1) is 11.3 Å². The molecule has 0 unspecified atom stereocenters. The minimum atomic E-state index is -1.08. The highest BCUT2D eigenvalue weighted by atomic mass is 16.3. The number of aromatic hydroxyl groups is 1. The van der Waals surface area contributed by atoms with Gasteiger partial charge in [0.25, 0.3) is 11.8 Å². The average molecular weight is 375 g/mol. The van der Waals surface area contributed by atoms with Gasteiger partial charge in [-0.15, -0.1) is 0 Å². The Labute approximate surface area is 161 Å². The number of hydrogen-bond donors (Lipinski definition) is 3. The number of primary amides is 1. The molecule has 0 spiro atoms. The highest BCUT2D eigenvalue weighted by Gasteiger charge is 2.27. The molecule has 0 aromatic heterocycles. The van der Waals surface area contributed by atoms with Crippen molar-refractivity contribution in [1.82, 2.24) is 0 Å². The van der Waals surface area contributed by atoms with E-state index in [4.69, 9.17) is 5.73 Å². The molecule has 0 saturated heterocycles. The third kappa shape index (κ3) is 3.83. The number of nitrogens with two attached hydrogens (primary N) is 1. The molecule has 3 aromatic carbocycles. The van der Waals surface area contributed by atoms with E-state index in [1.54, 1.807) is 48.5 Å². The monoisotopic (exact) mass is 375 g/mol. The van der Waals surface area contributed by atoms with Crippen molar-refractivity contribution in [3.8, 4) is 5.75 Å². The lowest BCUT2D eigenvalue weighted by Crippen LogP contribution is -2.41. The zero-order valence-corrected chi connectivity index (χ0v) is 14.7. The quantitative estimate of drug-likeness (QED) is 0.649. The molecule has 4 N–H and O–H groups in total. The van der Waals surface area contributed by atoms with Crippen LogP contribution in [0.2, 0.25) is 0 Å². The number of phenolic OH excluding ortho intramolecular Hbond substituents is 1. The van der Waals surface area contributed by atoms with Crippen LogP contribution >= 0.6 is 0 Å². The molecule has 0 aliphatic carbocycles. The topological polar surface area (TPSA) is 113 Å². The van der Waals surface area contributed by atoms with E-state index in [1.807, 2.05) is 0 Å². The van der Waals surface area contributed by atoms with Gasteiger partial charge in [0, 0.05) is 11.3 Å². The molecule has 0 heterocycles. The average Bonchev–Trinajstić information content (AvgIpc) is 2.70. The van der Waals surface area contributed by atoms with Gasteiger partial charge >= 0.3 is 6.03 Å². The molecular weight excluding hydrogens is 358 g/mol. The molecule has 0 bridgehead atoms. The minimum absolute atomic E-state index is 0.103. The maximum atomic E-state index is 12.7. The van der Waals surface area contributed by atoms with E-state index in [1.165, 1.54) is 30.3 Å². The molecule has 7 heteroatoms. The van der Waals surface area contributed by atoms with Crippen LogP contribution in [0.15, 0.2) is 78.9 Å². The van der Waals surface area contributed by atoms with Crippen LogP contribution in [0, 0.1) is 0 Å². The molecule has 0 aliphatic rings. The highest BCUT2D eigenvalue weighted by molar-refractivity contribution is 6.21. The number of amides is 4. The first-order valence-corrected chi connectivity index (χ1v) is 8.36. The third-order valence-electron chi connectivity index (χ3n) is 3.98. The number of anilines is 2. The van der Waals surface area contributed by atoms with E-state index in [-0.39, 0.29) is 16.8 Å². The SMILES string of the molecule is NC(=O)N(C(=O)c1ccccc1)c1cccc(C(=O)Nc2ccccc2)c1O. The number of nitrogens with one attached hydrogen (secondary N) is 1. The summed E-state index contributed by atoms with van der Waals surface area (Å²) in [5.41, 5.74) is 5.84. The lowest BCUT2D eigenvalue weighted by atomic mass is 10.1. The van der Waals surface area contributed by atoms with E-state index < -0.39 is 23.6 Å². The van der Waals surface area contributed by atoms with E-state index in [0.29, 0.717) is 10.6 Å². The van der Waals surface area contributed by atoms with Gasteiger partial charge in [-0.2, -0.15) is 0 Å². The first kappa shape index (κ1) is 18.7. The van der Waals surface area contributed by atoms with Crippen molar-refractivity contribution >= 4 is 29.2 Å². The van der Waals surface area contributed by atoms with Crippen LogP contribution in [0.25, 0.3) is 0 Å². The number of hydrogen-bond acceptors (Lipinski definition) is 4. The summed E-state index contributed by atoms with van der Waals surface area (Å²) in [5, 5.41) is 13.2. The minimum Gasteiger partial charge on any atom is -0.505 e. The number of para-hydroxylation sites is 2. The number of carbonyl (C=O) groups is 3. The second kappa shape index (κ2) is 8.05. The van der Waals surface area contributed by atoms with Gasteiger partial charge in [-0.1, -0.05) is 42.5 Å². The molecule has 0 radical (unpaired) electrons. The number of carbonyl (C=O) groups excluding carboxylic acids is 3. The first-order valence-electron chi connectivity index (χ1n) is 8.36. The maximum absolute atomic E-state index is 12.7. The second-order valence-corrected chi connectivity index (χ2v) is 5.84. The van der Waals surface area contributed by atoms with Gasteiger partial charge in [0.2, 0.25) is 0 Å². The van der Waals surface area contributed by atoms with Crippen LogP contribution in [0.3, 0.4) is 0 Å². The molecule has 140 valence electrons. The van der Waals surface area contributed by atoms with Crippen molar-refractivity contribution in [1.29, 1.82) is 0 Å². The molecular formula is C21H17N3O4. The predicted molar refractivity (Wildman–Crippen MR) is 105 cm³/mol. The first-order chi connectivity index (χ1) is 13.5. The fraction of sp³-hybridized carbons (Fsp3) is 0. The van der Waals surface area contributed by atoms with Crippen molar-refractivity contribution < 1.29 is 19.5 Å². The largest absolute Gasteiger partial charge is 0.505 e. The van der Waals surface area contributed by atoms with Crippen molar-refractivity contribution in [3.05, 3.63) is 90.0 Å². The van der Waals surface area contributed by atoms with Gasteiger partial charge < -0.3 is 16.2 Å². The Morgan fingerprint density at radius 1 is 0.821 bits per heavy atom. The molecule has 3 aromatic rings. The standard InChI is InChI=1S/C21H17N3O4/c22-21(28)24(20(27)14-8-3-1-4-9-14)17-13-7-12-16(18(17)25)19(26)23-15-10-5-2-6-11-15/h1-13,25H,(H2,22,28)(H,23,26). The normalized spacial score (nSPS) is 10.1. The number of rotatable bonds is 4. The van der Waals surface area contributed by atoms with Crippen LogP contribution in [-0.2, 0) is 0 Å². The number of phenols is 1. The van der Waals surface area contributed by atoms with E-state index in [2.05, 4.69) is 5.32 Å². The van der Waals surface area contributed by atoms with Crippen molar-refractivity contribution in [3.63, 3.8) is 0 Å². The Hall–Kier alpha value is -4.13. The number of urea groups is 1. The van der Waals surface area contributed by atoms with Gasteiger partial charge in [-0.25, -0.2) is 9.69 Å². The molecule has 0 atom stereocenters. The molecule has 0 saturated carbocycles. The van der Waals surface area contributed by atoms with Crippen molar-refractivity contribution in [2.24, 2.45) is 5.73 Å². The third-order valence-corrected chi connectivity index (χ3v) is 3.98. The van der Waals surface area contributed by atoms with Crippen LogP contribution in [0.5, 0.6) is 5.75 Å². The molecule has 0 fully saturated rings. The number of nitrogens with zero attached hydrogens (tertiary/aromatic N) is 1. The fourth-order valence-electron chi connectivity index (χ4n) is 2.65. The molecule has 0 aliphatic heterocycles. The van der Waals surface area contributed by atoms with Gasteiger partial charge in [-0.05, 0) is 36.4 Å². The fourth-order valence-corrected chi connectivity index (χ4v) is 2.65. The summed E-state index contributed by atoms with van der Waals surface area (Å²) >= 11 is 0. The van der Waals surface area contributed by atoms with E-state index in [0.717, 1.165) is 0 Å². The Morgan fingerprint density at radius 2 is 1.43 bits per heavy atom. The summed E-state index contributed by atoms with van der Waals surface area (Å²) in [4.78, 5) is 37.8. The molecule has 3 rings (SSSR count). The summed E-state index contributed by atoms with van der Waals surface area (Å²) < 4.78 is 0. The zero-order chi connectivity index (χ0) is 20.1. The lowest BCUT2D eigenvalue weighted by molar-refractivity contribution is 0.0989. The van der Waals surface area contributed by atoms with Crippen LogP contribution in [-0.4, -0.2) is 23.0 Å². The van der Waals surface area contributed by atoms with Crippen LogP contribution in [0.4, 0.5) is 16.2 Å². The van der Waals surface area contributed by atoms with Gasteiger partial charge in [0.15, 0.2) is 5.75 Å². The maximum Gasteiger partial charge on any atom is 0.326 e. The van der Waals surface area contributed by atoms with Crippen LogP contribution in [0.1, 0.15) is 20.7 Å². The summed E-state index contributed by atoms with van der Waals surface area (Å²) in [6, 6.07) is 19.8. The Bertz CT molecular complexity index is 1020. The number of benzene rings is 3. The smallest absolute Gasteiger partial charge is 0.326 e. The predicted octanol–water partition coefficient (Wildman–Crippen LogP) is 3.37. The Balaban J connectivity index is 1.97. The number of imide groups is 1. The summed E-state index contributed by atoms with van der Waals surface area (Å²) in [6.45, 7) is 0. The molecule has 28 heavy (non-hydrogen) atoms. The van der Waals surface area contributed by atoms with Gasteiger partial charge in [-0.3, -0.25) is 9.59 Å². The zero-order valence-electron chi connectivity index (χ0n) is 14.7. The molecule has 7 nitrogen and oxygen atoms in total. The van der Waals surface area contributed by atoms with E-state index in [9.17, 15) is 19.5 Å². The molecule has 4 amide bonds. The summed E-state index contributed by atoms with van der Waals surface area (Å²) in [7, 11) is 0. The Morgan fingerprint density at radius 3 is 2.04 bits per heavy atom. The van der Waals surface area contributed by atoms with Gasteiger partial charge in [0.1, 0.15) is 0 Å². The summed E-state index contributed by atoms with van der Waals surface area (Å²) in [6.07, 6.45) is 0. The van der Waals surface area contributed by atoms with Crippen molar-refractivity contribution in [2.45, 2.75) is 0 Å². The summed E-state index contributed by atoms with van der Waals surface area (Å²) in [5.74, 6) is -1.84. The second-order valence-electron chi connectivity index (χ2n) is 5.84.